The molecule has 0 bridgehead atoms. The van der Waals surface area contributed by atoms with Crippen molar-refractivity contribution < 1.29 is 0 Å². The van der Waals surface area contributed by atoms with Gasteiger partial charge in [-0.1, -0.05) is 47.3 Å². The van der Waals surface area contributed by atoms with Gasteiger partial charge in [0.05, 0.1) is 0 Å². The summed E-state index contributed by atoms with van der Waals surface area (Å²) in [5.74, 6) is 1.53. The fraction of sp³-hybridized carbons (Fsp3) is 0.600. The Bertz CT molecular complexity index is 333. The summed E-state index contributed by atoms with van der Waals surface area (Å²) in [6.45, 7) is 0.862. The second kappa shape index (κ2) is 6.55. The van der Waals surface area contributed by atoms with Crippen LogP contribution in [0.1, 0.15) is 37.7 Å². The van der Waals surface area contributed by atoms with E-state index in [4.69, 9.17) is 5.73 Å². The highest BCUT2D eigenvalue weighted by molar-refractivity contribution is 9.10. The molecule has 94 valence electrons. The maximum atomic E-state index is 5.93. The summed E-state index contributed by atoms with van der Waals surface area (Å²) in [4.78, 5) is 0. The van der Waals surface area contributed by atoms with Gasteiger partial charge >= 0.3 is 0 Å². The van der Waals surface area contributed by atoms with E-state index >= 15 is 0 Å². The molecule has 0 aromatic heterocycles. The van der Waals surface area contributed by atoms with Crippen LogP contribution in [0.15, 0.2) is 28.7 Å². The highest BCUT2D eigenvalue weighted by Crippen LogP contribution is 2.31. The molecule has 1 nitrogen and oxygen atoms in total. The molecule has 1 fully saturated rings. The maximum Gasteiger partial charge on any atom is 0.0175 e. The first kappa shape index (κ1) is 13.1. The Morgan fingerprint density at radius 2 is 1.65 bits per heavy atom. The largest absolute Gasteiger partial charge is 0.330 e. The molecule has 0 heterocycles. The molecule has 2 atom stereocenters. The molecule has 2 N–H and O–H groups in total. The first-order valence-corrected chi connectivity index (χ1v) is 7.53. The molecule has 1 aromatic carbocycles. The van der Waals surface area contributed by atoms with Gasteiger partial charge < -0.3 is 5.73 Å². The van der Waals surface area contributed by atoms with Crippen molar-refractivity contribution in [1.82, 2.24) is 0 Å². The monoisotopic (exact) mass is 295 g/mol. The van der Waals surface area contributed by atoms with Crippen LogP contribution in [-0.4, -0.2) is 6.54 Å². The van der Waals surface area contributed by atoms with Gasteiger partial charge in [0, 0.05) is 4.47 Å². The average Bonchev–Trinajstić information content (AvgIpc) is 2.57. The zero-order chi connectivity index (χ0) is 12.1. The quantitative estimate of drug-likeness (QED) is 0.833. The lowest BCUT2D eigenvalue weighted by atomic mass is 9.83. The van der Waals surface area contributed by atoms with E-state index in [9.17, 15) is 0 Å². The van der Waals surface area contributed by atoms with Gasteiger partial charge in [-0.25, -0.2) is 0 Å². The molecular formula is C15H22BrN. The SMILES string of the molecule is NCC1CCCCCC1Cc1ccc(Br)cc1. The zero-order valence-electron chi connectivity index (χ0n) is 10.4. The Kier molecular flexibility index (Phi) is 5.05. The zero-order valence-corrected chi connectivity index (χ0v) is 12.0. The Hall–Kier alpha value is -0.340. The van der Waals surface area contributed by atoms with Crippen molar-refractivity contribution in [3.8, 4) is 0 Å². The average molecular weight is 296 g/mol. The third-order valence-electron chi connectivity index (χ3n) is 4.03. The van der Waals surface area contributed by atoms with E-state index in [-0.39, 0.29) is 0 Å². The highest BCUT2D eigenvalue weighted by Gasteiger charge is 2.22. The van der Waals surface area contributed by atoms with Gasteiger partial charge in [0.2, 0.25) is 0 Å². The summed E-state index contributed by atoms with van der Waals surface area (Å²) >= 11 is 3.49. The normalized spacial score (nSPS) is 25.5. The molecule has 0 saturated heterocycles. The Morgan fingerprint density at radius 3 is 2.29 bits per heavy atom. The third-order valence-corrected chi connectivity index (χ3v) is 4.56. The van der Waals surface area contributed by atoms with E-state index in [0.717, 1.165) is 22.9 Å². The van der Waals surface area contributed by atoms with Crippen LogP contribution in [0.2, 0.25) is 0 Å². The minimum absolute atomic E-state index is 0.737. The molecule has 0 amide bonds. The van der Waals surface area contributed by atoms with Crippen LogP contribution in [0.25, 0.3) is 0 Å². The second-order valence-electron chi connectivity index (χ2n) is 5.22. The topological polar surface area (TPSA) is 26.0 Å². The molecule has 1 aliphatic rings. The van der Waals surface area contributed by atoms with Crippen LogP contribution in [0, 0.1) is 11.8 Å². The number of nitrogens with two attached hydrogens (primary N) is 1. The molecule has 2 unspecified atom stereocenters. The molecule has 0 aliphatic heterocycles. The maximum absolute atomic E-state index is 5.93. The number of rotatable bonds is 3. The van der Waals surface area contributed by atoms with Crippen LogP contribution in [0.4, 0.5) is 0 Å². The van der Waals surface area contributed by atoms with Crippen molar-refractivity contribution >= 4 is 15.9 Å². The number of hydrogen-bond donors (Lipinski definition) is 1. The molecule has 0 radical (unpaired) electrons. The van der Waals surface area contributed by atoms with Gasteiger partial charge in [0.25, 0.3) is 0 Å². The van der Waals surface area contributed by atoms with Crippen molar-refractivity contribution in [2.45, 2.75) is 38.5 Å². The first-order chi connectivity index (χ1) is 8.29. The minimum Gasteiger partial charge on any atom is -0.330 e. The molecule has 2 rings (SSSR count). The van der Waals surface area contributed by atoms with Crippen molar-refractivity contribution in [3.63, 3.8) is 0 Å². The van der Waals surface area contributed by atoms with Crippen LogP contribution in [0.3, 0.4) is 0 Å². The summed E-state index contributed by atoms with van der Waals surface area (Å²) in [5.41, 5.74) is 7.39. The Labute approximate surface area is 113 Å². The summed E-state index contributed by atoms with van der Waals surface area (Å²) in [6, 6.07) is 8.76. The Morgan fingerprint density at radius 1 is 1.00 bits per heavy atom. The molecule has 1 aliphatic carbocycles. The van der Waals surface area contributed by atoms with Crippen LogP contribution >= 0.6 is 15.9 Å². The van der Waals surface area contributed by atoms with Gasteiger partial charge in [-0.2, -0.15) is 0 Å². The fourth-order valence-electron chi connectivity index (χ4n) is 2.96. The lowest BCUT2D eigenvalue weighted by Crippen LogP contribution is -2.24. The molecule has 1 saturated carbocycles. The molecule has 17 heavy (non-hydrogen) atoms. The predicted molar refractivity (Wildman–Crippen MR) is 77.0 cm³/mol. The van der Waals surface area contributed by atoms with Crippen molar-refractivity contribution in [1.29, 1.82) is 0 Å². The second-order valence-corrected chi connectivity index (χ2v) is 6.14. The number of hydrogen-bond acceptors (Lipinski definition) is 1. The van der Waals surface area contributed by atoms with E-state index in [2.05, 4.69) is 40.2 Å². The number of halogens is 1. The summed E-state index contributed by atoms with van der Waals surface area (Å²) in [5, 5.41) is 0. The van der Waals surface area contributed by atoms with E-state index in [1.165, 1.54) is 44.1 Å². The van der Waals surface area contributed by atoms with E-state index < -0.39 is 0 Å². The molecular weight excluding hydrogens is 274 g/mol. The van der Waals surface area contributed by atoms with Gasteiger partial charge in [-0.3, -0.25) is 0 Å². The molecule has 2 heteroatoms. The molecule has 1 aromatic rings. The van der Waals surface area contributed by atoms with E-state index in [0.29, 0.717) is 0 Å². The number of benzene rings is 1. The van der Waals surface area contributed by atoms with Gasteiger partial charge in [0.1, 0.15) is 0 Å². The summed E-state index contributed by atoms with van der Waals surface area (Å²) in [6.07, 6.45) is 8.05. The van der Waals surface area contributed by atoms with Crippen LogP contribution in [-0.2, 0) is 6.42 Å². The third kappa shape index (κ3) is 3.82. The van der Waals surface area contributed by atoms with E-state index in [1.54, 1.807) is 0 Å². The minimum atomic E-state index is 0.737. The van der Waals surface area contributed by atoms with Crippen molar-refractivity contribution in [3.05, 3.63) is 34.3 Å². The smallest absolute Gasteiger partial charge is 0.0175 e. The standard InChI is InChI=1S/C15H22BrN/c16-15-8-6-12(7-9-15)10-13-4-2-1-3-5-14(13)11-17/h6-9,13-14H,1-5,10-11,17H2. The summed E-state index contributed by atoms with van der Waals surface area (Å²) < 4.78 is 1.16. The van der Waals surface area contributed by atoms with Crippen molar-refractivity contribution in [2.24, 2.45) is 17.6 Å². The fourth-order valence-corrected chi connectivity index (χ4v) is 3.23. The molecule has 0 spiro atoms. The lowest BCUT2D eigenvalue weighted by Gasteiger charge is -2.23. The lowest BCUT2D eigenvalue weighted by molar-refractivity contribution is 0.318. The van der Waals surface area contributed by atoms with Gasteiger partial charge in [-0.05, 0) is 55.3 Å². The Balaban J connectivity index is 2.01. The van der Waals surface area contributed by atoms with Gasteiger partial charge in [0.15, 0.2) is 0 Å². The van der Waals surface area contributed by atoms with Gasteiger partial charge in [-0.15, -0.1) is 0 Å². The highest BCUT2D eigenvalue weighted by atomic mass is 79.9. The van der Waals surface area contributed by atoms with Crippen LogP contribution in [0.5, 0.6) is 0 Å². The van der Waals surface area contributed by atoms with E-state index in [1.807, 2.05) is 0 Å². The summed E-state index contributed by atoms with van der Waals surface area (Å²) in [7, 11) is 0. The van der Waals surface area contributed by atoms with Crippen LogP contribution < -0.4 is 5.73 Å². The van der Waals surface area contributed by atoms with Crippen molar-refractivity contribution in [2.75, 3.05) is 6.54 Å². The first-order valence-electron chi connectivity index (χ1n) is 6.74. The predicted octanol–water partition coefficient (Wildman–Crippen LogP) is 4.15.